The fourth-order valence-electron chi connectivity index (χ4n) is 1.96. The SMILES string of the molecule is CC(F)(C(=O)OCCc1cccc2ccccc12)S(=O)O. The monoisotopic (exact) mass is 310 g/mol. The third-order valence-electron chi connectivity index (χ3n) is 3.18. The zero-order valence-electron chi connectivity index (χ0n) is 11.4. The highest BCUT2D eigenvalue weighted by Crippen LogP contribution is 2.20. The first-order chi connectivity index (χ1) is 9.93. The minimum Gasteiger partial charge on any atom is -0.462 e. The summed E-state index contributed by atoms with van der Waals surface area (Å²) >= 11 is -2.92. The second-order valence-corrected chi connectivity index (χ2v) is 5.96. The van der Waals surface area contributed by atoms with E-state index in [9.17, 15) is 13.4 Å². The van der Waals surface area contributed by atoms with Crippen LogP contribution in [0.1, 0.15) is 12.5 Å². The number of esters is 1. The van der Waals surface area contributed by atoms with Gasteiger partial charge in [0.15, 0.2) is 0 Å². The number of carbonyl (C=O) groups excluding carboxylic acids is 1. The Kier molecular flexibility index (Phi) is 4.69. The highest BCUT2D eigenvalue weighted by molar-refractivity contribution is 7.81. The van der Waals surface area contributed by atoms with E-state index in [-0.39, 0.29) is 6.61 Å². The predicted molar refractivity (Wildman–Crippen MR) is 78.9 cm³/mol. The van der Waals surface area contributed by atoms with Gasteiger partial charge in [0.25, 0.3) is 0 Å². The van der Waals surface area contributed by atoms with Gasteiger partial charge in [0.1, 0.15) is 0 Å². The van der Waals surface area contributed by atoms with E-state index in [0.717, 1.165) is 23.3 Å². The van der Waals surface area contributed by atoms with Crippen LogP contribution in [0.2, 0.25) is 0 Å². The summed E-state index contributed by atoms with van der Waals surface area (Å²) in [6.45, 7) is 0.674. The van der Waals surface area contributed by atoms with Crippen LogP contribution in [0.5, 0.6) is 0 Å². The molecule has 0 radical (unpaired) electrons. The van der Waals surface area contributed by atoms with Crippen molar-refractivity contribution in [2.75, 3.05) is 6.61 Å². The molecular weight excluding hydrogens is 295 g/mol. The molecule has 0 aliphatic carbocycles. The third-order valence-corrected chi connectivity index (χ3v) is 4.00. The van der Waals surface area contributed by atoms with E-state index in [1.54, 1.807) is 0 Å². The molecule has 2 atom stereocenters. The normalized spacial score (nSPS) is 15.4. The molecule has 0 heterocycles. The maximum Gasteiger partial charge on any atom is 0.359 e. The smallest absolute Gasteiger partial charge is 0.359 e. The summed E-state index contributed by atoms with van der Waals surface area (Å²) in [5, 5.41) is -0.809. The molecule has 0 aliphatic heterocycles. The second kappa shape index (κ2) is 6.32. The maximum atomic E-state index is 13.6. The van der Waals surface area contributed by atoms with E-state index in [0.29, 0.717) is 6.42 Å². The van der Waals surface area contributed by atoms with E-state index in [4.69, 9.17) is 9.29 Å². The number of carbonyl (C=O) groups is 1. The van der Waals surface area contributed by atoms with Gasteiger partial charge in [-0.25, -0.2) is 13.4 Å². The number of halogens is 1. The van der Waals surface area contributed by atoms with Crippen LogP contribution in [0, 0.1) is 0 Å². The van der Waals surface area contributed by atoms with Crippen LogP contribution in [-0.2, 0) is 27.0 Å². The molecule has 0 fully saturated rings. The van der Waals surface area contributed by atoms with Gasteiger partial charge < -0.3 is 9.29 Å². The summed E-state index contributed by atoms with van der Waals surface area (Å²) in [4.78, 5) is 11.4. The van der Waals surface area contributed by atoms with Gasteiger partial charge in [0, 0.05) is 6.42 Å². The summed E-state index contributed by atoms with van der Waals surface area (Å²) in [6, 6.07) is 13.5. The fourth-order valence-corrected chi connectivity index (χ4v) is 2.17. The number of hydrogen-bond acceptors (Lipinski definition) is 3. The lowest BCUT2D eigenvalue weighted by Crippen LogP contribution is -2.36. The summed E-state index contributed by atoms with van der Waals surface area (Å²) in [5.41, 5.74) is 0.964. The largest absolute Gasteiger partial charge is 0.462 e. The molecule has 112 valence electrons. The first-order valence-electron chi connectivity index (χ1n) is 6.36. The van der Waals surface area contributed by atoms with Crippen LogP contribution in [0.25, 0.3) is 10.8 Å². The van der Waals surface area contributed by atoms with E-state index in [1.165, 1.54) is 0 Å². The van der Waals surface area contributed by atoms with Gasteiger partial charge in [-0.3, -0.25) is 0 Å². The highest BCUT2D eigenvalue weighted by atomic mass is 32.2. The Morgan fingerprint density at radius 2 is 1.95 bits per heavy atom. The van der Waals surface area contributed by atoms with Gasteiger partial charge in [0.2, 0.25) is 11.1 Å². The Labute approximate surface area is 124 Å². The molecule has 2 aromatic carbocycles. The van der Waals surface area contributed by atoms with Gasteiger partial charge >= 0.3 is 11.0 Å². The molecule has 6 heteroatoms. The van der Waals surface area contributed by atoms with Gasteiger partial charge in [-0.15, -0.1) is 0 Å². The van der Waals surface area contributed by atoms with Gasteiger partial charge in [-0.05, 0) is 23.3 Å². The number of benzene rings is 2. The van der Waals surface area contributed by atoms with Crippen molar-refractivity contribution in [1.82, 2.24) is 0 Å². The Balaban J connectivity index is 2.03. The summed E-state index contributed by atoms with van der Waals surface area (Å²) in [6.07, 6.45) is 0.404. The molecule has 2 unspecified atom stereocenters. The van der Waals surface area contributed by atoms with Crippen LogP contribution in [0.15, 0.2) is 42.5 Å². The van der Waals surface area contributed by atoms with Crippen molar-refractivity contribution < 1.29 is 22.7 Å². The molecule has 2 aromatic rings. The Morgan fingerprint density at radius 1 is 1.29 bits per heavy atom. The van der Waals surface area contributed by atoms with Gasteiger partial charge in [0.05, 0.1) is 6.61 Å². The Bertz CT molecular complexity index is 679. The summed E-state index contributed by atoms with van der Waals surface area (Å²) in [7, 11) is 0. The van der Waals surface area contributed by atoms with Crippen LogP contribution >= 0.6 is 0 Å². The molecule has 4 nitrogen and oxygen atoms in total. The molecule has 0 spiro atoms. The van der Waals surface area contributed by atoms with Crippen LogP contribution in [0.4, 0.5) is 4.39 Å². The van der Waals surface area contributed by atoms with Crippen LogP contribution < -0.4 is 0 Å². The van der Waals surface area contributed by atoms with E-state index in [2.05, 4.69) is 0 Å². The molecule has 0 aromatic heterocycles. The third kappa shape index (κ3) is 3.46. The number of alkyl halides is 1. The summed E-state index contributed by atoms with van der Waals surface area (Å²) in [5.74, 6) is -1.33. The molecule has 0 saturated carbocycles. The first kappa shape index (κ1) is 15.6. The van der Waals surface area contributed by atoms with Crippen molar-refractivity contribution in [1.29, 1.82) is 0 Å². The first-order valence-corrected chi connectivity index (χ1v) is 7.47. The number of rotatable bonds is 5. The molecule has 0 aliphatic rings. The topological polar surface area (TPSA) is 63.6 Å². The highest BCUT2D eigenvalue weighted by Gasteiger charge is 2.41. The van der Waals surface area contributed by atoms with Crippen LogP contribution in [-0.4, -0.2) is 26.3 Å². The molecule has 2 rings (SSSR count). The second-order valence-electron chi connectivity index (χ2n) is 4.69. The van der Waals surface area contributed by atoms with Gasteiger partial charge in [-0.2, -0.15) is 0 Å². The van der Waals surface area contributed by atoms with Crippen molar-refractivity contribution in [3.8, 4) is 0 Å². The lowest BCUT2D eigenvalue weighted by molar-refractivity contribution is -0.151. The molecule has 21 heavy (non-hydrogen) atoms. The van der Waals surface area contributed by atoms with Crippen LogP contribution in [0.3, 0.4) is 0 Å². The quantitative estimate of drug-likeness (QED) is 0.681. The molecule has 0 bridgehead atoms. The van der Waals surface area contributed by atoms with Crippen molar-refractivity contribution >= 4 is 27.8 Å². The van der Waals surface area contributed by atoms with Crippen molar-refractivity contribution in [3.63, 3.8) is 0 Å². The fraction of sp³-hybridized carbons (Fsp3) is 0.267. The van der Waals surface area contributed by atoms with Crippen molar-refractivity contribution in [2.24, 2.45) is 0 Å². The zero-order chi connectivity index (χ0) is 15.5. The van der Waals surface area contributed by atoms with Crippen molar-refractivity contribution in [2.45, 2.75) is 18.3 Å². The van der Waals surface area contributed by atoms with Gasteiger partial charge in [-0.1, -0.05) is 42.5 Å². The molecule has 0 amide bonds. The number of ether oxygens (including phenoxy) is 1. The molecule has 1 N–H and O–H groups in total. The standard InChI is InChI=1S/C15H15FO4S/c1-15(16,21(18)19)14(17)20-10-9-12-7-4-6-11-5-2-3-8-13(11)12/h2-8H,9-10H2,1H3,(H,18,19). The minimum atomic E-state index is -2.92. The minimum absolute atomic E-state index is 0.0520. The predicted octanol–water partition coefficient (Wildman–Crippen LogP) is 2.83. The number of fused-ring (bicyclic) bond motifs is 1. The molecular formula is C15H15FO4S. The average Bonchev–Trinajstić information content (AvgIpc) is 2.47. The van der Waals surface area contributed by atoms with E-state index < -0.39 is 22.1 Å². The summed E-state index contributed by atoms with van der Waals surface area (Å²) < 4.78 is 37.7. The van der Waals surface area contributed by atoms with Crippen molar-refractivity contribution in [3.05, 3.63) is 48.0 Å². The van der Waals surface area contributed by atoms with E-state index >= 15 is 0 Å². The number of hydrogen-bond donors (Lipinski definition) is 1. The lowest BCUT2D eigenvalue weighted by atomic mass is 10.0. The lowest BCUT2D eigenvalue weighted by Gasteiger charge is -2.14. The average molecular weight is 310 g/mol. The maximum absolute atomic E-state index is 13.6. The Morgan fingerprint density at radius 3 is 2.67 bits per heavy atom. The molecule has 0 saturated heterocycles. The van der Waals surface area contributed by atoms with E-state index in [1.807, 2.05) is 42.5 Å². The Hall–Kier alpha value is -1.79. The zero-order valence-corrected chi connectivity index (χ0v) is 12.2.